The number of hydrogen-bond acceptors (Lipinski definition) is 4. The van der Waals surface area contributed by atoms with Crippen molar-refractivity contribution >= 4 is 11.9 Å². The van der Waals surface area contributed by atoms with Crippen LogP contribution in [-0.4, -0.2) is 68.1 Å². The van der Waals surface area contributed by atoms with Gasteiger partial charge in [-0.05, 0) is 64.1 Å². The molecule has 0 amide bonds. The van der Waals surface area contributed by atoms with Crippen molar-refractivity contribution in [1.82, 2.24) is 15.1 Å². The van der Waals surface area contributed by atoms with E-state index in [-0.39, 0.29) is 11.9 Å². The lowest BCUT2D eigenvalue weighted by Crippen LogP contribution is -2.48. The van der Waals surface area contributed by atoms with Gasteiger partial charge in [0.15, 0.2) is 5.96 Å². The second-order valence-electron chi connectivity index (χ2n) is 8.65. The highest BCUT2D eigenvalue weighted by atomic mass is 16.5. The third-order valence-corrected chi connectivity index (χ3v) is 6.41. The Kier molecular flexibility index (Phi) is 8.55. The number of piperidine rings is 2. The summed E-state index contributed by atoms with van der Waals surface area (Å²) in [6.45, 7) is 10.5. The Morgan fingerprint density at radius 1 is 1.10 bits per heavy atom. The van der Waals surface area contributed by atoms with E-state index in [1.54, 1.807) is 0 Å². The Morgan fingerprint density at radius 2 is 1.77 bits per heavy atom. The Morgan fingerprint density at radius 3 is 2.37 bits per heavy atom. The number of carbonyl (C=O) groups excluding carboxylic acids is 1. The van der Waals surface area contributed by atoms with Crippen molar-refractivity contribution in [3.05, 3.63) is 35.4 Å². The monoisotopic (exact) mass is 414 g/mol. The summed E-state index contributed by atoms with van der Waals surface area (Å²) in [5.41, 5.74) is 2.73. The number of aryl methyl sites for hydroxylation is 1. The zero-order valence-electron chi connectivity index (χ0n) is 18.9. The summed E-state index contributed by atoms with van der Waals surface area (Å²) in [7, 11) is 1.85. The number of hydrogen-bond donors (Lipinski definition) is 1. The Hall–Kier alpha value is -2.08. The van der Waals surface area contributed by atoms with Crippen LogP contribution in [-0.2, 0) is 16.1 Å². The van der Waals surface area contributed by atoms with Crippen molar-refractivity contribution in [3.63, 3.8) is 0 Å². The number of likely N-dealkylation sites (tertiary alicyclic amines) is 2. The Balaban J connectivity index is 1.37. The zero-order chi connectivity index (χ0) is 21.3. The minimum Gasteiger partial charge on any atom is -0.466 e. The molecule has 2 heterocycles. The van der Waals surface area contributed by atoms with E-state index >= 15 is 0 Å². The van der Waals surface area contributed by atoms with E-state index in [1.807, 2.05) is 14.0 Å². The third kappa shape index (κ3) is 6.46. The molecule has 0 unspecified atom stereocenters. The van der Waals surface area contributed by atoms with Crippen molar-refractivity contribution in [2.24, 2.45) is 16.8 Å². The summed E-state index contributed by atoms with van der Waals surface area (Å²) < 4.78 is 5.17. The molecule has 0 bridgehead atoms. The normalized spacial score (nSPS) is 19.7. The van der Waals surface area contributed by atoms with Gasteiger partial charge in [0.2, 0.25) is 0 Å². The van der Waals surface area contributed by atoms with Gasteiger partial charge in [-0.1, -0.05) is 29.8 Å². The van der Waals surface area contributed by atoms with Gasteiger partial charge >= 0.3 is 5.97 Å². The molecule has 6 heteroatoms. The molecule has 0 spiro atoms. The SMILES string of the molecule is CCOC(=O)C1CCN(C(=NC)NCC2CCN(Cc3ccc(C)cc3)CC2)CC1. The van der Waals surface area contributed by atoms with Crippen molar-refractivity contribution < 1.29 is 9.53 Å². The van der Waals surface area contributed by atoms with Crippen molar-refractivity contribution in [2.45, 2.75) is 46.1 Å². The summed E-state index contributed by atoms with van der Waals surface area (Å²) in [6.07, 6.45) is 4.13. The van der Waals surface area contributed by atoms with Crippen LogP contribution in [0.3, 0.4) is 0 Å². The van der Waals surface area contributed by atoms with Crippen molar-refractivity contribution in [2.75, 3.05) is 46.4 Å². The molecule has 2 fully saturated rings. The van der Waals surface area contributed by atoms with Crippen LogP contribution in [0.5, 0.6) is 0 Å². The van der Waals surface area contributed by atoms with Crippen molar-refractivity contribution in [1.29, 1.82) is 0 Å². The maximum atomic E-state index is 11.9. The van der Waals surface area contributed by atoms with Gasteiger partial charge in [-0.3, -0.25) is 14.7 Å². The quantitative estimate of drug-likeness (QED) is 0.440. The van der Waals surface area contributed by atoms with E-state index in [4.69, 9.17) is 4.74 Å². The number of ether oxygens (including phenoxy) is 1. The first-order valence-electron chi connectivity index (χ1n) is 11.5. The van der Waals surface area contributed by atoms with Crippen LogP contribution in [0.15, 0.2) is 29.3 Å². The third-order valence-electron chi connectivity index (χ3n) is 6.41. The lowest BCUT2D eigenvalue weighted by atomic mass is 9.96. The summed E-state index contributed by atoms with van der Waals surface area (Å²) in [5.74, 6) is 1.65. The van der Waals surface area contributed by atoms with E-state index in [9.17, 15) is 4.79 Å². The minimum atomic E-state index is -0.0440. The molecule has 0 saturated carbocycles. The van der Waals surface area contributed by atoms with Crippen LogP contribution >= 0.6 is 0 Å². The molecule has 30 heavy (non-hydrogen) atoms. The summed E-state index contributed by atoms with van der Waals surface area (Å²) >= 11 is 0. The summed E-state index contributed by atoms with van der Waals surface area (Å²) in [4.78, 5) is 21.3. The predicted molar refractivity (Wildman–Crippen MR) is 121 cm³/mol. The summed E-state index contributed by atoms with van der Waals surface area (Å²) in [5, 5.41) is 3.59. The molecule has 166 valence electrons. The molecule has 0 atom stereocenters. The highest BCUT2D eigenvalue weighted by molar-refractivity contribution is 5.80. The number of benzene rings is 1. The fraction of sp³-hybridized carbons (Fsp3) is 0.667. The zero-order valence-corrected chi connectivity index (χ0v) is 18.9. The molecule has 0 aromatic heterocycles. The first-order valence-corrected chi connectivity index (χ1v) is 11.5. The molecular formula is C24H38N4O2. The van der Waals surface area contributed by atoms with Gasteiger partial charge in [0, 0.05) is 33.2 Å². The fourth-order valence-corrected chi connectivity index (χ4v) is 4.46. The smallest absolute Gasteiger partial charge is 0.309 e. The highest BCUT2D eigenvalue weighted by Gasteiger charge is 2.28. The van der Waals surface area contributed by atoms with Gasteiger partial charge in [0.25, 0.3) is 0 Å². The number of rotatable bonds is 6. The second kappa shape index (κ2) is 11.3. The molecule has 3 rings (SSSR count). The number of aliphatic imine (C=N–C) groups is 1. The maximum Gasteiger partial charge on any atom is 0.309 e. The molecule has 2 saturated heterocycles. The standard InChI is InChI=1S/C24H38N4O2/c1-4-30-23(29)22-11-15-28(16-12-22)24(25-3)26-17-20-9-13-27(14-10-20)18-21-7-5-19(2)6-8-21/h5-8,20,22H,4,9-18H2,1-3H3,(H,25,26). The highest BCUT2D eigenvalue weighted by Crippen LogP contribution is 2.21. The average molecular weight is 415 g/mol. The van der Waals surface area contributed by atoms with Crippen LogP contribution < -0.4 is 5.32 Å². The van der Waals surface area contributed by atoms with Crippen LogP contribution in [0.4, 0.5) is 0 Å². The van der Waals surface area contributed by atoms with E-state index < -0.39 is 0 Å². The maximum absolute atomic E-state index is 11.9. The van der Waals surface area contributed by atoms with Gasteiger partial charge in [0.1, 0.15) is 0 Å². The number of nitrogens with one attached hydrogen (secondary N) is 1. The van der Waals surface area contributed by atoms with E-state index in [2.05, 4.69) is 51.3 Å². The van der Waals surface area contributed by atoms with Gasteiger partial charge < -0.3 is 15.0 Å². The second-order valence-corrected chi connectivity index (χ2v) is 8.65. The lowest BCUT2D eigenvalue weighted by Gasteiger charge is -2.35. The Bertz CT molecular complexity index is 688. The van der Waals surface area contributed by atoms with Gasteiger partial charge in [-0.25, -0.2) is 0 Å². The van der Waals surface area contributed by atoms with Gasteiger partial charge in [-0.15, -0.1) is 0 Å². The molecule has 0 radical (unpaired) electrons. The molecule has 0 aliphatic carbocycles. The molecule has 6 nitrogen and oxygen atoms in total. The molecular weight excluding hydrogens is 376 g/mol. The van der Waals surface area contributed by atoms with Crippen LogP contribution in [0.25, 0.3) is 0 Å². The molecule has 2 aliphatic heterocycles. The predicted octanol–water partition coefficient (Wildman–Crippen LogP) is 3.06. The lowest BCUT2D eigenvalue weighted by molar-refractivity contribution is -0.149. The van der Waals surface area contributed by atoms with Crippen molar-refractivity contribution in [3.8, 4) is 0 Å². The van der Waals surface area contributed by atoms with E-state index in [1.165, 1.54) is 24.0 Å². The first-order chi connectivity index (χ1) is 14.6. The van der Waals surface area contributed by atoms with Gasteiger partial charge in [0.05, 0.1) is 12.5 Å². The van der Waals surface area contributed by atoms with Gasteiger partial charge in [-0.2, -0.15) is 0 Å². The van der Waals surface area contributed by atoms with Crippen LogP contribution in [0.2, 0.25) is 0 Å². The Labute approximate surface area is 181 Å². The number of nitrogens with zero attached hydrogens (tertiary/aromatic N) is 3. The molecule has 2 aliphatic rings. The minimum absolute atomic E-state index is 0.0390. The van der Waals surface area contributed by atoms with E-state index in [0.29, 0.717) is 12.5 Å². The fourth-order valence-electron chi connectivity index (χ4n) is 4.46. The largest absolute Gasteiger partial charge is 0.466 e. The first kappa shape index (κ1) is 22.6. The van der Waals surface area contributed by atoms with Crippen LogP contribution in [0.1, 0.15) is 43.7 Å². The topological polar surface area (TPSA) is 57.2 Å². The number of carbonyl (C=O) groups is 1. The number of guanidine groups is 1. The molecule has 1 aromatic carbocycles. The number of esters is 1. The van der Waals surface area contributed by atoms with Crippen LogP contribution in [0, 0.1) is 18.8 Å². The molecule has 1 N–H and O–H groups in total. The summed E-state index contributed by atoms with van der Waals surface area (Å²) in [6, 6.07) is 8.90. The van der Waals surface area contributed by atoms with E-state index in [0.717, 1.165) is 58.1 Å². The average Bonchev–Trinajstić information content (AvgIpc) is 2.77. The molecule has 1 aromatic rings.